The number of fused-ring (bicyclic) bond motifs is 3. The fourth-order valence-electron chi connectivity index (χ4n) is 6.97. The molecule has 3 fully saturated rings. The summed E-state index contributed by atoms with van der Waals surface area (Å²) < 4.78 is 25.2. The van der Waals surface area contributed by atoms with Crippen LogP contribution in [0.4, 0.5) is 0 Å². The van der Waals surface area contributed by atoms with Crippen LogP contribution in [0.15, 0.2) is 18.2 Å². The number of rotatable bonds is 6. The molecule has 3 bridgehead atoms. The van der Waals surface area contributed by atoms with E-state index in [-0.39, 0.29) is 42.1 Å². The van der Waals surface area contributed by atoms with Crippen molar-refractivity contribution in [2.24, 2.45) is 23.2 Å². The highest BCUT2D eigenvalue weighted by molar-refractivity contribution is 5.74. The number of nitrogens with one attached hydrogen (secondary N) is 1. The Morgan fingerprint density at radius 2 is 1.77 bits per heavy atom. The number of nitrogens with zero attached hydrogens (tertiary/aromatic N) is 2. The zero-order valence-electron chi connectivity index (χ0n) is 24.2. The van der Waals surface area contributed by atoms with Gasteiger partial charge in [-0.2, -0.15) is 15.4 Å². The summed E-state index contributed by atoms with van der Waals surface area (Å²) in [5, 5.41) is 20.7. The van der Waals surface area contributed by atoms with E-state index in [0.29, 0.717) is 6.42 Å². The molecule has 3 aliphatic rings. The van der Waals surface area contributed by atoms with Crippen LogP contribution in [-0.4, -0.2) is 69.3 Å². The van der Waals surface area contributed by atoms with Gasteiger partial charge in [0.15, 0.2) is 5.79 Å². The van der Waals surface area contributed by atoms with Crippen LogP contribution in [-0.2, 0) is 35.0 Å². The van der Waals surface area contributed by atoms with Crippen molar-refractivity contribution in [1.29, 1.82) is 0 Å². The Balaban J connectivity index is 1.37. The van der Waals surface area contributed by atoms with Crippen LogP contribution in [0.25, 0.3) is 11.0 Å². The lowest BCUT2D eigenvalue weighted by Crippen LogP contribution is -2.65. The van der Waals surface area contributed by atoms with Crippen LogP contribution >= 0.6 is 0 Å². The fourth-order valence-corrected chi connectivity index (χ4v) is 6.97. The molecule has 10 heteroatoms. The Morgan fingerprint density at radius 3 is 2.55 bits per heavy atom. The van der Waals surface area contributed by atoms with Gasteiger partial charge >= 0.3 is 11.9 Å². The molecule has 3 saturated heterocycles. The highest BCUT2D eigenvalue weighted by Gasteiger charge is 2.60. The maximum Gasteiger partial charge on any atom is 0.309 e. The molecular weight excluding hydrogens is 514 g/mol. The summed E-state index contributed by atoms with van der Waals surface area (Å²) in [7, 11) is 0. The maximum atomic E-state index is 13.0. The lowest BCUT2D eigenvalue weighted by molar-refractivity contribution is -0.393. The predicted octanol–water partition coefficient (Wildman–Crippen LogP) is 4.10. The van der Waals surface area contributed by atoms with E-state index in [0.717, 1.165) is 36.7 Å². The lowest BCUT2D eigenvalue weighted by atomic mass is 9.67. The molecular formula is C30H43N3O7. The van der Waals surface area contributed by atoms with Crippen molar-refractivity contribution in [2.45, 2.75) is 110 Å². The number of ether oxygens (including phenoxy) is 4. The number of carbonyl (C=O) groups is 2. The highest BCUT2D eigenvalue weighted by Crippen LogP contribution is 2.55. The Hall–Kier alpha value is -2.56. The van der Waals surface area contributed by atoms with E-state index >= 15 is 0 Å². The van der Waals surface area contributed by atoms with Crippen molar-refractivity contribution in [3.05, 3.63) is 23.8 Å². The number of aliphatic hydroxyl groups is 1. The van der Waals surface area contributed by atoms with E-state index in [1.807, 2.05) is 6.07 Å². The van der Waals surface area contributed by atoms with Gasteiger partial charge in [0.25, 0.3) is 0 Å². The van der Waals surface area contributed by atoms with E-state index in [1.54, 1.807) is 0 Å². The normalized spacial score (nSPS) is 35.2. The molecule has 1 aromatic carbocycles. The molecule has 40 heavy (non-hydrogen) atoms. The molecule has 3 aliphatic heterocycles. The Labute approximate surface area is 235 Å². The van der Waals surface area contributed by atoms with Gasteiger partial charge in [0.2, 0.25) is 0 Å². The van der Waals surface area contributed by atoms with Crippen molar-refractivity contribution in [3.63, 3.8) is 0 Å². The number of esters is 2. The number of aromatic amines is 1. The summed E-state index contributed by atoms with van der Waals surface area (Å²) in [5.41, 5.74) is 2.55. The van der Waals surface area contributed by atoms with Crippen LogP contribution in [0, 0.1) is 23.2 Å². The van der Waals surface area contributed by atoms with E-state index in [9.17, 15) is 14.7 Å². The molecule has 2 aromatic rings. The molecule has 4 heterocycles. The van der Waals surface area contributed by atoms with Gasteiger partial charge in [0.1, 0.15) is 23.2 Å². The molecule has 0 amide bonds. The monoisotopic (exact) mass is 557 g/mol. The van der Waals surface area contributed by atoms with Crippen LogP contribution in [0.5, 0.6) is 0 Å². The second-order valence-electron chi connectivity index (χ2n) is 12.9. The van der Waals surface area contributed by atoms with Gasteiger partial charge in [-0.3, -0.25) is 9.59 Å². The van der Waals surface area contributed by atoms with E-state index in [2.05, 4.69) is 62.2 Å². The largest absolute Gasteiger partial charge is 0.462 e. The smallest absolute Gasteiger partial charge is 0.309 e. The Bertz CT molecular complexity index is 1210. The van der Waals surface area contributed by atoms with Gasteiger partial charge in [0.05, 0.1) is 31.7 Å². The number of carbonyl (C=O) groups excluding carboxylic acids is 2. The van der Waals surface area contributed by atoms with Gasteiger partial charge in [-0.15, -0.1) is 0 Å². The van der Waals surface area contributed by atoms with Crippen LogP contribution in [0.2, 0.25) is 0 Å². The van der Waals surface area contributed by atoms with Crippen LogP contribution < -0.4 is 0 Å². The third-order valence-electron chi connectivity index (χ3n) is 9.35. The number of hydrogen-bond acceptors (Lipinski definition) is 9. The molecule has 0 aliphatic carbocycles. The first-order chi connectivity index (χ1) is 19.0. The van der Waals surface area contributed by atoms with Crippen molar-refractivity contribution < 1.29 is 33.6 Å². The van der Waals surface area contributed by atoms with Gasteiger partial charge in [-0.1, -0.05) is 40.7 Å². The molecule has 1 aromatic heterocycles. The van der Waals surface area contributed by atoms with Gasteiger partial charge in [-0.05, 0) is 55.2 Å². The second kappa shape index (κ2) is 11.4. The SMILES string of the molecule is C[C@@H]1[C@@H]([C@@H](C)CCCc2ccc3n[nH]nc3c2)O[C@@]23C[C@@H]1OC(=O)C[C@H](CO)OC(=O)C[C@H](O2)[C@H](C)CC3(C)C. The summed E-state index contributed by atoms with van der Waals surface area (Å²) in [6.45, 7) is 10.2. The second-order valence-corrected chi connectivity index (χ2v) is 12.9. The highest BCUT2D eigenvalue weighted by atomic mass is 16.7. The number of aliphatic hydroxyl groups excluding tert-OH is 1. The van der Waals surface area contributed by atoms with Gasteiger partial charge in [-0.25, -0.2) is 0 Å². The number of hydrogen-bond donors (Lipinski definition) is 2. The summed E-state index contributed by atoms with van der Waals surface area (Å²) in [4.78, 5) is 25.7. The molecule has 10 nitrogen and oxygen atoms in total. The molecule has 1 spiro atoms. The first-order valence-corrected chi connectivity index (χ1v) is 14.6. The standard InChI is InChI=1S/C30H43N3O7/c1-17(7-6-8-20-9-10-22-23(11-20)32-33-31-22)28-19(3)25-15-30(40-28)29(4,5)14-18(2)24(39-30)13-27(36)37-21(16-34)12-26(35)38-25/h9-11,17-19,21,24-25,28,34H,6-8,12-16H2,1-5H3,(H,31,32,33)/t17-,18+,19-,21+,24-,25-,28+,30+/m0/s1. The fraction of sp³-hybridized carbons (Fsp3) is 0.733. The lowest BCUT2D eigenvalue weighted by Gasteiger charge is -2.59. The third kappa shape index (κ3) is 5.76. The number of aromatic nitrogens is 3. The molecule has 2 N–H and O–H groups in total. The molecule has 8 atom stereocenters. The summed E-state index contributed by atoms with van der Waals surface area (Å²) in [6.07, 6.45) is 1.88. The minimum absolute atomic E-state index is 0.0458. The molecule has 0 unspecified atom stereocenters. The average molecular weight is 558 g/mol. The predicted molar refractivity (Wildman–Crippen MR) is 146 cm³/mol. The maximum absolute atomic E-state index is 13.0. The minimum atomic E-state index is -1.01. The molecule has 220 valence electrons. The number of aryl methyl sites for hydroxylation is 1. The van der Waals surface area contributed by atoms with E-state index in [1.165, 1.54) is 5.56 Å². The van der Waals surface area contributed by atoms with E-state index in [4.69, 9.17) is 18.9 Å². The first kappa shape index (κ1) is 29.0. The number of benzene rings is 1. The number of cyclic esters (lactones) is 1. The summed E-state index contributed by atoms with van der Waals surface area (Å²) in [6, 6.07) is 6.15. The van der Waals surface area contributed by atoms with Gasteiger partial charge in [0, 0.05) is 17.8 Å². The van der Waals surface area contributed by atoms with Gasteiger partial charge < -0.3 is 24.1 Å². The molecule has 5 rings (SSSR count). The topological polar surface area (TPSA) is 133 Å². The molecule has 0 saturated carbocycles. The van der Waals surface area contributed by atoms with Crippen LogP contribution in [0.1, 0.15) is 78.7 Å². The minimum Gasteiger partial charge on any atom is -0.462 e. The summed E-state index contributed by atoms with van der Waals surface area (Å²) in [5.74, 6) is -1.78. The quantitative estimate of drug-likeness (QED) is 0.504. The zero-order chi connectivity index (χ0) is 28.7. The first-order valence-electron chi connectivity index (χ1n) is 14.6. The van der Waals surface area contributed by atoms with Crippen molar-refractivity contribution in [1.82, 2.24) is 15.4 Å². The molecule has 0 radical (unpaired) electrons. The van der Waals surface area contributed by atoms with Crippen LogP contribution in [0.3, 0.4) is 0 Å². The third-order valence-corrected chi connectivity index (χ3v) is 9.35. The number of H-pyrrole nitrogens is 1. The zero-order valence-corrected chi connectivity index (χ0v) is 24.2. The summed E-state index contributed by atoms with van der Waals surface area (Å²) >= 11 is 0. The van der Waals surface area contributed by atoms with Crippen molar-refractivity contribution in [3.8, 4) is 0 Å². The Morgan fingerprint density at radius 1 is 1.02 bits per heavy atom. The van der Waals surface area contributed by atoms with Crippen molar-refractivity contribution >= 4 is 23.0 Å². The average Bonchev–Trinajstić information content (AvgIpc) is 3.36. The van der Waals surface area contributed by atoms with E-state index < -0.39 is 42.6 Å². The van der Waals surface area contributed by atoms with Crippen molar-refractivity contribution in [2.75, 3.05) is 6.61 Å². The Kier molecular flexibility index (Phi) is 8.23.